The number of ether oxygens (including phenoxy) is 1. The van der Waals surface area contributed by atoms with Crippen LogP contribution in [-0.4, -0.2) is 44.8 Å². The van der Waals surface area contributed by atoms with Crippen LogP contribution < -0.4 is 5.32 Å². The third-order valence-corrected chi connectivity index (χ3v) is 5.11. The van der Waals surface area contributed by atoms with Gasteiger partial charge in [-0.3, -0.25) is 4.90 Å². The Bertz CT molecular complexity index is 578. The van der Waals surface area contributed by atoms with Gasteiger partial charge in [-0.15, -0.1) is 0 Å². The van der Waals surface area contributed by atoms with Gasteiger partial charge < -0.3 is 10.1 Å². The van der Waals surface area contributed by atoms with E-state index in [0.717, 1.165) is 51.3 Å². The SMILES string of the molecule is CN1CC[C@@H](CNCC2=CCCOC2)[C@@H]1c1ccc(Cl)c(F)c1. The molecular formula is C18H24ClFN2O. The molecule has 1 aromatic carbocycles. The minimum atomic E-state index is -0.333. The van der Waals surface area contributed by atoms with Crippen LogP contribution in [0.15, 0.2) is 29.8 Å². The van der Waals surface area contributed by atoms with Gasteiger partial charge in [0.1, 0.15) is 5.82 Å². The molecule has 1 aromatic rings. The molecule has 0 aromatic heterocycles. The lowest BCUT2D eigenvalue weighted by Gasteiger charge is -2.26. The highest BCUT2D eigenvalue weighted by atomic mass is 35.5. The zero-order valence-corrected chi connectivity index (χ0v) is 14.3. The molecule has 2 aliphatic rings. The molecule has 0 aliphatic carbocycles. The summed E-state index contributed by atoms with van der Waals surface area (Å²) in [6.45, 7) is 4.41. The first kappa shape index (κ1) is 16.9. The van der Waals surface area contributed by atoms with Gasteiger partial charge in [0.25, 0.3) is 0 Å². The minimum absolute atomic E-state index is 0.188. The fraction of sp³-hybridized carbons (Fsp3) is 0.556. The van der Waals surface area contributed by atoms with Crippen molar-refractivity contribution in [1.29, 1.82) is 0 Å². The zero-order chi connectivity index (χ0) is 16.2. The van der Waals surface area contributed by atoms with Gasteiger partial charge in [0.05, 0.1) is 18.2 Å². The molecule has 1 N–H and O–H groups in total. The summed E-state index contributed by atoms with van der Waals surface area (Å²) in [4.78, 5) is 2.30. The van der Waals surface area contributed by atoms with E-state index in [9.17, 15) is 4.39 Å². The van der Waals surface area contributed by atoms with Gasteiger partial charge in [-0.2, -0.15) is 0 Å². The lowest BCUT2D eigenvalue weighted by molar-refractivity contribution is 0.148. The predicted octanol–water partition coefficient (Wildman–Crippen LogP) is 3.41. The summed E-state index contributed by atoms with van der Waals surface area (Å²) in [5.74, 6) is 0.145. The van der Waals surface area contributed by atoms with Crippen molar-refractivity contribution < 1.29 is 9.13 Å². The van der Waals surface area contributed by atoms with E-state index in [1.54, 1.807) is 12.1 Å². The Labute approximate surface area is 142 Å². The second-order valence-electron chi connectivity index (χ2n) is 6.48. The lowest BCUT2D eigenvalue weighted by Crippen LogP contribution is -2.30. The molecule has 5 heteroatoms. The molecule has 1 fully saturated rings. The normalized spacial score (nSPS) is 25.6. The molecule has 3 nitrogen and oxygen atoms in total. The van der Waals surface area contributed by atoms with Gasteiger partial charge in [0.15, 0.2) is 0 Å². The van der Waals surface area contributed by atoms with Crippen LogP contribution in [0.4, 0.5) is 4.39 Å². The van der Waals surface area contributed by atoms with Crippen LogP contribution >= 0.6 is 11.6 Å². The Hall–Kier alpha value is -0.940. The van der Waals surface area contributed by atoms with Crippen molar-refractivity contribution in [3.63, 3.8) is 0 Å². The quantitative estimate of drug-likeness (QED) is 0.833. The Balaban J connectivity index is 1.61. The van der Waals surface area contributed by atoms with Crippen molar-refractivity contribution in [1.82, 2.24) is 10.2 Å². The summed E-state index contributed by atoms with van der Waals surface area (Å²) in [5, 5.41) is 3.74. The van der Waals surface area contributed by atoms with Crippen LogP contribution in [-0.2, 0) is 4.74 Å². The number of halogens is 2. The third-order valence-electron chi connectivity index (χ3n) is 4.80. The van der Waals surface area contributed by atoms with Crippen molar-refractivity contribution in [2.24, 2.45) is 5.92 Å². The molecule has 3 rings (SSSR count). The van der Waals surface area contributed by atoms with E-state index in [4.69, 9.17) is 16.3 Å². The molecule has 126 valence electrons. The Morgan fingerprint density at radius 2 is 2.30 bits per heavy atom. The first-order valence-corrected chi connectivity index (χ1v) is 8.64. The van der Waals surface area contributed by atoms with Crippen LogP contribution in [0.5, 0.6) is 0 Å². The minimum Gasteiger partial charge on any atom is -0.377 e. The summed E-state index contributed by atoms with van der Waals surface area (Å²) < 4.78 is 19.3. The van der Waals surface area contributed by atoms with Gasteiger partial charge >= 0.3 is 0 Å². The van der Waals surface area contributed by atoms with E-state index in [0.29, 0.717) is 5.92 Å². The van der Waals surface area contributed by atoms with Crippen LogP contribution in [0, 0.1) is 11.7 Å². The summed E-state index contributed by atoms with van der Waals surface area (Å²) >= 11 is 5.81. The van der Waals surface area contributed by atoms with Crippen LogP contribution in [0.3, 0.4) is 0 Å². The van der Waals surface area contributed by atoms with E-state index in [-0.39, 0.29) is 16.9 Å². The van der Waals surface area contributed by atoms with E-state index >= 15 is 0 Å². The Kier molecular flexibility index (Phi) is 5.70. The summed E-state index contributed by atoms with van der Waals surface area (Å²) in [6.07, 6.45) is 4.40. The van der Waals surface area contributed by atoms with Crippen molar-refractivity contribution in [3.8, 4) is 0 Å². The topological polar surface area (TPSA) is 24.5 Å². The van der Waals surface area contributed by atoms with Crippen LogP contribution in [0.2, 0.25) is 5.02 Å². The molecule has 1 saturated heterocycles. The molecule has 2 heterocycles. The highest BCUT2D eigenvalue weighted by Crippen LogP contribution is 2.36. The summed E-state index contributed by atoms with van der Waals surface area (Å²) in [6, 6.07) is 5.43. The highest BCUT2D eigenvalue weighted by molar-refractivity contribution is 6.30. The van der Waals surface area contributed by atoms with Crippen molar-refractivity contribution in [2.45, 2.75) is 18.9 Å². The zero-order valence-electron chi connectivity index (χ0n) is 13.5. The first-order valence-electron chi connectivity index (χ1n) is 8.26. The number of hydrogen-bond acceptors (Lipinski definition) is 3. The second kappa shape index (κ2) is 7.75. The average molecular weight is 339 g/mol. The first-order chi connectivity index (χ1) is 11.1. The monoisotopic (exact) mass is 338 g/mol. The Morgan fingerprint density at radius 3 is 3.04 bits per heavy atom. The molecule has 0 amide bonds. The third kappa shape index (κ3) is 4.13. The van der Waals surface area contributed by atoms with E-state index < -0.39 is 0 Å². The maximum atomic E-state index is 13.8. The maximum Gasteiger partial charge on any atom is 0.142 e. The van der Waals surface area contributed by atoms with Crippen LogP contribution in [0.25, 0.3) is 0 Å². The number of rotatable bonds is 5. The van der Waals surface area contributed by atoms with Crippen molar-refractivity contribution in [3.05, 3.63) is 46.3 Å². The fourth-order valence-electron chi connectivity index (χ4n) is 3.61. The van der Waals surface area contributed by atoms with Gasteiger partial charge in [0.2, 0.25) is 0 Å². The molecule has 0 bridgehead atoms. The summed E-state index contributed by atoms with van der Waals surface area (Å²) in [5.41, 5.74) is 2.34. The van der Waals surface area contributed by atoms with E-state index in [1.807, 2.05) is 6.07 Å². The van der Waals surface area contributed by atoms with E-state index in [2.05, 4.69) is 23.3 Å². The number of hydrogen-bond donors (Lipinski definition) is 1. The van der Waals surface area contributed by atoms with Crippen molar-refractivity contribution >= 4 is 11.6 Å². The van der Waals surface area contributed by atoms with Gasteiger partial charge in [-0.25, -0.2) is 4.39 Å². The highest BCUT2D eigenvalue weighted by Gasteiger charge is 2.33. The lowest BCUT2D eigenvalue weighted by atomic mass is 9.93. The fourth-order valence-corrected chi connectivity index (χ4v) is 3.73. The number of benzene rings is 1. The smallest absolute Gasteiger partial charge is 0.142 e. The van der Waals surface area contributed by atoms with Gasteiger partial charge in [-0.05, 0) is 55.6 Å². The summed E-state index contributed by atoms with van der Waals surface area (Å²) in [7, 11) is 2.11. The maximum absolute atomic E-state index is 13.8. The molecule has 23 heavy (non-hydrogen) atoms. The molecular weight excluding hydrogens is 315 g/mol. The molecule has 0 spiro atoms. The van der Waals surface area contributed by atoms with Crippen molar-refractivity contribution in [2.75, 3.05) is 39.9 Å². The number of nitrogens with zero attached hydrogens (tertiary/aromatic N) is 1. The predicted molar refractivity (Wildman–Crippen MR) is 91.3 cm³/mol. The van der Waals surface area contributed by atoms with Crippen LogP contribution in [0.1, 0.15) is 24.4 Å². The molecule has 2 atom stereocenters. The average Bonchev–Trinajstić information content (AvgIpc) is 2.92. The number of nitrogens with one attached hydrogen (secondary N) is 1. The Morgan fingerprint density at radius 1 is 1.43 bits per heavy atom. The molecule has 0 unspecified atom stereocenters. The molecule has 0 radical (unpaired) electrons. The number of likely N-dealkylation sites (tertiary alicyclic amines) is 1. The van der Waals surface area contributed by atoms with Gasteiger partial charge in [-0.1, -0.05) is 23.7 Å². The van der Waals surface area contributed by atoms with Gasteiger partial charge in [0, 0.05) is 19.1 Å². The molecule has 0 saturated carbocycles. The van der Waals surface area contributed by atoms with E-state index in [1.165, 1.54) is 5.57 Å². The standard InChI is InChI=1S/C18H24ClFN2O/c1-22-7-6-15(11-21-10-13-3-2-8-23-12-13)18(22)14-4-5-16(19)17(20)9-14/h3-5,9,15,18,21H,2,6-8,10-12H2,1H3/t15-,18-/m0/s1. The molecule has 2 aliphatic heterocycles. The second-order valence-corrected chi connectivity index (χ2v) is 6.89. The largest absolute Gasteiger partial charge is 0.377 e.